The molecule has 0 radical (unpaired) electrons. The third-order valence-corrected chi connectivity index (χ3v) is 4.46. The zero-order valence-electron chi connectivity index (χ0n) is 15.6. The summed E-state index contributed by atoms with van der Waals surface area (Å²) >= 11 is 0. The number of hydrogen-bond donors (Lipinski definition) is 0. The summed E-state index contributed by atoms with van der Waals surface area (Å²) < 4.78 is 16.4. The van der Waals surface area contributed by atoms with Gasteiger partial charge in [-0.05, 0) is 48.9 Å². The Hall–Kier alpha value is -3.60. The second kappa shape index (κ2) is 7.56. The molecule has 5 heteroatoms. The molecular formula is C23H19NO4. The van der Waals surface area contributed by atoms with Crippen LogP contribution in [0.2, 0.25) is 0 Å². The summed E-state index contributed by atoms with van der Waals surface area (Å²) in [6.07, 6.45) is 0. The minimum absolute atomic E-state index is 0.175. The minimum atomic E-state index is -0.404. The number of hydrogen-bond acceptors (Lipinski definition) is 5. The number of rotatable bonds is 5. The van der Waals surface area contributed by atoms with Gasteiger partial charge < -0.3 is 13.9 Å². The lowest BCUT2D eigenvalue weighted by atomic mass is 10.1. The number of pyridine rings is 1. The number of para-hydroxylation sites is 1. The fourth-order valence-electron chi connectivity index (χ4n) is 2.99. The summed E-state index contributed by atoms with van der Waals surface area (Å²) in [4.78, 5) is 17.5. The lowest BCUT2D eigenvalue weighted by molar-refractivity contribution is 0.0475. The first-order chi connectivity index (χ1) is 13.6. The van der Waals surface area contributed by atoms with Gasteiger partial charge in [0.1, 0.15) is 23.8 Å². The van der Waals surface area contributed by atoms with Gasteiger partial charge in [-0.1, -0.05) is 30.3 Å². The van der Waals surface area contributed by atoms with Crippen LogP contribution >= 0.6 is 0 Å². The van der Waals surface area contributed by atoms with Crippen molar-refractivity contribution in [3.63, 3.8) is 0 Å². The van der Waals surface area contributed by atoms with E-state index in [1.807, 2.05) is 67.6 Å². The highest BCUT2D eigenvalue weighted by Crippen LogP contribution is 2.27. The van der Waals surface area contributed by atoms with Gasteiger partial charge in [0.25, 0.3) is 0 Å². The van der Waals surface area contributed by atoms with Gasteiger partial charge in [-0.15, -0.1) is 0 Å². The first kappa shape index (κ1) is 17.8. The molecule has 0 unspecified atom stereocenters. The van der Waals surface area contributed by atoms with Gasteiger partial charge >= 0.3 is 5.97 Å². The van der Waals surface area contributed by atoms with Crippen molar-refractivity contribution in [3.8, 4) is 17.2 Å². The largest absolute Gasteiger partial charge is 0.497 e. The monoisotopic (exact) mass is 373 g/mol. The van der Waals surface area contributed by atoms with E-state index in [0.717, 1.165) is 22.5 Å². The topological polar surface area (TPSA) is 61.6 Å². The molecule has 0 spiro atoms. The van der Waals surface area contributed by atoms with Gasteiger partial charge in [0.15, 0.2) is 5.76 Å². The number of methoxy groups -OCH3 is 1. The van der Waals surface area contributed by atoms with E-state index in [-0.39, 0.29) is 6.61 Å². The Morgan fingerprint density at radius 3 is 2.54 bits per heavy atom. The highest BCUT2D eigenvalue weighted by molar-refractivity contribution is 6.04. The van der Waals surface area contributed by atoms with Crippen molar-refractivity contribution in [2.24, 2.45) is 0 Å². The third kappa shape index (κ3) is 3.60. The smallest absolute Gasteiger partial charge is 0.339 e. The van der Waals surface area contributed by atoms with E-state index in [4.69, 9.17) is 13.9 Å². The van der Waals surface area contributed by atoms with Crippen LogP contribution < -0.4 is 4.74 Å². The molecule has 28 heavy (non-hydrogen) atoms. The minimum Gasteiger partial charge on any atom is -0.497 e. The van der Waals surface area contributed by atoms with Crippen LogP contribution in [0.4, 0.5) is 0 Å². The number of fused-ring (bicyclic) bond motifs is 1. The van der Waals surface area contributed by atoms with Crippen molar-refractivity contribution in [1.29, 1.82) is 0 Å². The Bertz CT molecular complexity index is 1130. The number of carbonyl (C=O) groups is 1. The van der Waals surface area contributed by atoms with Crippen molar-refractivity contribution in [2.75, 3.05) is 7.11 Å². The number of benzene rings is 2. The van der Waals surface area contributed by atoms with E-state index in [1.165, 1.54) is 0 Å². The molecule has 0 aliphatic carbocycles. The Morgan fingerprint density at radius 1 is 1.04 bits per heavy atom. The predicted molar refractivity (Wildman–Crippen MR) is 106 cm³/mol. The van der Waals surface area contributed by atoms with Crippen molar-refractivity contribution < 1.29 is 18.7 Å². The second-order valence-electron chi connectivity index (χ2n) is 6.41. The number of ether oxygens (including phenoxy) is 2. The van der Waals surface area contributed by atoms with Crippen LogP contribution in [0.5, 0.6) is 5.75 Å². The van der Waals surface area contributed by atoms with E-state index in [9.17, 15) is 4.79 Å². The van der Waals surface area contributed by atoms with Crippen LogP contribution in [0.15, 0.2) is 71.1 Å². The predicted octanol–water partition coefficient (Wildman–Crippen LogP) is 5.17. The Kier molecular flexibility index (Phi) is 4.81. The van der Waals surface area contributed by atoms with Crippen molar-refractivity contribution in [2.45, 2.75) is 13.5 Å². The first-order valence-corrected chi connectivity index (χ1v) is 8.91. The highest BCUT2D eigenvalue weighted by atomic mass is 16.5. The SMILES string of the molecule is COc1ccc(COC(=O)c2cc(-c3ccc(C)o3)nc3ccccc23)cc1. The lowest BCUT2D eigenvalue weighted by Crippen LogP contribution is -2.07. The zero-order chi connectivity index (χ0) is 19.5. The summed E-state index contributed by atoms with van der Waals surface area (Å²) in [5.41, 5.74) is 2.66. The van der Waals surface area contributed by atoms with Crippen LogP contribution in [-0.4, -0.2) is 18.1 Å². The average molecular weight is 373 g/mol. The first-order valence-electron chi connectivity index (χ1n) is 8.91. The number of aromatic nitrogens is 1. The standard InChI is InChI=1S/C23H19NO4/c1-15-7-12-22(28-15)21-13-19(18-5-3-4-6-20(18)24-21)23(25)27-14-16-8-10-17(26-2)11-9-16/h3-13H,14H2,1-2H3. The Labute approximate surface area is 162 Å². The normalized spacial score (nSPS) is 10.8. The number of carbonyl (C=O) groups excluding carboxylic acids is 1. The molecule has 0 N–H and O–H groups in total. The molecule has 0 aliphatic rings. The van der Waals surface area contributed by atoms with E-state index in [2.05, 4.69) is 4.98 Å². The van der Waals surface area contributed by atoms with E-state index < -0.39 is 5.97 Å². The number of aryl methyl sites for hydroxylation is 1. The van der Waals surface area contributed by atoms with Crippen LogP contribution in [0, 0.1) is 6.92 Å². The van der Waals surface area contributed by atoms with Crippen LogP contribution in [0.3, 0.4) is 0 Å². The molecule has 140 valence electrons. The van der Waals surface area contributed by atoms with E-state index in [1.54, 1.807) is 13.2 Å². The Morgan fingerprint density at radius 2 is 1.82 bits per heavy atom. The van der Waals surface area contributed by atoms with Crippen LogP contribution in [-0.2, 0) is 11.3 Å². The quantitative estimate of drug-likeness (QED) is 0.452. The molecule has 2 heterocycles. The maximum Gasteiger partial charge on any atom is 0.339 e. The summed E-state index contributed by atoms with van der Waals surface area (Å²) in [6, 6.07) is 20.3. The molecule has 2 aromatic carbocycles. The van der Waals surface area contributed by atoms with Crippen LogP contribution in [0.25, 0.3) is 22.4 Å². The molecule has 0 amide bonds. The maximum atomic E-state index is 12.8. The van der Waals surface area contributed by atoms with Gasteiger partial charge in [-0.2, -0.15) is 0 Å². The highest BCUT2D eigenvalue weighted by Gasteiger charge is 2.16. The van der Waals surface area contributed by atoms with Gasteiger partial charge in [0, 0.05) is 5.39 Å². The number of nitrogens with zero attached hydrogens (tertiary/aromatic N) is 1. The zero-order valence-corrected chi connectivity index (χ0v) is 15.6. The average Bonchev–Trinajstić information content (AvgIpc) is 3.18. The fraction of sp³-hybridized carbons (Fsp3) is 0.130. The molecule has 0 bridgehead atoms. The molecule has 5 nitrogen and oxygen atoms in total. The number of esters is 1. The molecule has 0 aliphatic heterocycles. The molecule has 4 aromatic rings. The van der Waals surface area contributed by atoms with Crippen LogP contribution in [0.1, 0.15) is 21.7 Å². The molecular weight excluding hydrogens is 354 g/mol. The van der Waals surface area contributed by atoms with E-state index >= 15 is 0 Å². The maximum absolute atomic E-state index is 12.8. The van der Waals surface area contributed by atoms with Crippen molar-refractivity contribution in [3.05, 3.63) is 83.6 Å². The number of furan rings is 1. The van der Waals surface area contributed by atoms with Gasteiger partial charge in [-0.25, -0.2) is 9.78 Å². The second-order valence-corrected chi connectivity index (χ2v) is 6.41. The van der Waals surface area contributed by atoms with Gasteiger partial charge in [0.2, 0.25) is 0 Å². The molecule has 2 aromatic heterocycles. The lowest BCUT2D eigenvalue weighted by Gasteiger charge is -2.10. The Balaban J connectivity index is 1.64. The molecule has 0 fully saturated rings. The summed E-state index contributed by atoms with van der Waals surface area (Å²) in [5.74, 6) is 1.76. The molecule has 0 atom stereocenters. The third-order valence-electron chi connectivity index (χ3n) is 4.46. The van der Waals surface area contributed by atoms with Crippen molar-refractivity contribution >= 4 is 16.9 Å². The van der Waals surface area contributed by atoms with Gasteiger partial charge in [-0.3, -0.25) is 0 Å². The summed E-state index contributed by atoms with van der Waals surface area (Å²) in [6.45, 7) is 2.04. The summed E-state index contributed by atoms with van der Waals surface area (Å²) in [7, 11) is 1.61. The summed E-state index contributed by atoms with van der Waals surface area (Å²) in [5, 5.41) is 0.745. The molecule has 4 rings (SSSR count). The van der Waals surface area contributed by atoms with Crippen molar-refractivity contribution in [1.82, 2.24) is 4.98 Å². The van der Waals surface area contributed by atoms with E-state index in [0.29, 0.717) is 22.5 Å². The fourth-order valence-corrected chi connectivity index (χ4v) is 2.99. The molecule has 0 saturated carbocycles. The molecule has 0 saturated heterocycles. The van der Waals surface area contributed by atoms with Gasteiger partial charge in [0.05, 0.1) is 18.2 Å².